The van der Waals surface area contributed by atoms with E-state index in [-0.39, 0.29) is 16.3 Å². The van der Waals surface area contributed by atoms with Crippen molar-refractivity contribution < 1.29 is 13.3 Å². The van der Waals surface area contributed by atoms with Gasteiger partial charge in [0, 0.05) is 12.3 Å². The summed E-state index contributed by atoms with van der Waals surface area (Å²) in [6, 6.07) is 14.1. The summed E-state index contributed by atoms with van der Waals surface area (Å²) in [5, 5.41) is 23.0. The van der Waals surface area contributed by atoms with Crippen LogP contribution in [-0.2, 0) is 10.0 Å². The van der Waals surface area contributed by atoms with Crippen LogP contribution in [0, 0.1) is 24.0 Å². The molecule has 2 N–H and O–H groups in total. The van der Waals surface area contributed by atoms with Crippen molar-refractivity contribution in [3.05, 3.63) is 87.9 Å². The molecular formula is C22H22N6O4S. The predicted molar refractivity (Wildman–Crippen MR) is 125 cm³/mol. The summed E-state index contributed by atoms with van der Waals surface area (Å²) < 4.78 is 30.1. The summed E-state index contributed by atoms with van der Waals surface area (Å²) in [5.74, 6) is 0.563. The van der Waals surface area contributed by atoms with E-state index in [2.05, 4.69) is 20.2 Å². The van der Waals surface area contributed by atoms with Gasteiger partial charge in [-0.05, 0) is 56.7 Å². The zero-order valence-electron chi connectivity index (χ0n) is 18.2. The van der Waals surface area contributed by atoms with Gasteiger partial charge in [-0.3, -0.25) is 19.2 Å². The van der Waals surface area contributed by atoms with E-state index in [1.165, 1.54) is 12.1 Å². The maximum Gasteiger partial charge on any atom is 0.293 e. The summed E-state index contributed by atoms with van der Waals surface area (Å²) in [6.07, 6.45) is 1.80. The Labute approximate surface area is 190 Å². The van der Waals surface area contributed by atoms with Crippen LogP contribution in [0.5, 0.6) is 0 Å². The van der Waals surface area contributed by atoms with Crippen LogP contribution in [0.3, 0.4) is 0 Å². The fourth-order valence-corrected chi connectivity index (χ4v) is 4.69. The van der Waals surface area contributed by atoms with Gasteiger partial charge in [-0.2, -0.15) is 0 Å². The van der Waals surface area contributed by atoms with Gasteiger partial charge in [0.25, 0.3) is 15.7 Å². The Morgan fingerprint density at radius 3 is 2.52 bits per heavy atom. The molecule has 0 bridgehead atoms. The molecule has 0 aliphatic heterocycles. The molecule has 0 saturated heterocycles. The number of sulfonamides is 1. The van der Waals surface area contributed by atoms with Gasteiger partial charge in [0.1, 0.15) is 5.69 Å². The van der Waals surface area contributed by atoms with Crippen LogP contribution < -0.4 is 10.0 Å². The van der Waals surface area contributed by atoms with Gasteiger partial charge in [-0.25, -0.2) is 8.42 Å². The second-order valence-corrected chi connectivity index (χ2v) is 9.40. The largest absolute Gasteiger partial charge is 0.370 e. The molecule has 0 aliphatic carbocycles. The van der Waals surface area contributed by atoms with E-state index in [1.54, 1.807) is 42.6 Å². The summed E-state index contributed by atoms with van der Waals surface area (Å²) >= 11 is 0. The van der Waals surface area contributed by atoms with E-state index in [0.717, 1.165) is 17.2 Å². The molecule has 0 amide bonds. The van der Waals surface area contributed by atoms with E-state index < -0.39 is 21.0 Å². The van der Waals surface area contributed by atoms with Crippen molar-refractivity contribution in [3.63, 3.8) is 0 Å². The number of hydrogen-bond acceptors (Lipinski definition) is 7. The molecule has 0 spiro atoms. The Balaban J connectivity index is 1.64. The fraction of sp³-hybridized carbons (Fsp3) is 0.182. The summed E-state index contributed by atoms with van der Waals surface area (Å²) in [4.78, 5) is 10.9. The average molecular weight is 467 g/mol. The van der Waals surface area contributed by atoms with Crippen LogP contribution >= 0.6 is 0 Å². The number of pyridine rings is 1. The SMILES string of the molecule is Cc1ccc(NS(=O)(=O)c2ccc(NC(C)c3nnc4ccccn34)c([N+](=O)[O-])c2)c(C)c1. The fourth-order valence-electron chi connectivity index (χ4n) is 3.54. The van der Waals surface area contributed by atoms with Gasteiger partial charge in [-0.1, -0.05) is 23.8 Å². The first kappa shape index (κ1) is 22.2. The van der Waals surface area contributed by atoms with Crippen molar-refractivity contribution in [2.45, 2.75) is 31.7 Å². The van der Waals surface area contributed by atoms with Gasteiger partial charge in [-0.15, -0.1) is 10.2 Å². The minimum Gasteiger partial charge on any atom is -0.370 e. The maximum absolute atomic E-state index is 12.9. The lowest BCUT2D eigenvalue weighted by Crippen LogP contribution is -2.15. The van der Waals surface area contributed by atoms with Crippen molar-refractivity contribution in [1.29, 1.82) is 0 Å². The van der Waals surface area contributed by atoms with Gasteiger partial charge >= 0.3 is 0 Å². The molecule has 0 aliphatic rings. The topological polar surface area (TPSA) is 132 Å². The molecule has 1 atom stereocenters. The number of anilines is 2. The molecule has 4 rings (SSSR count). The molecule has 11 heteroatoms. The van der Waals surface area contributed by atoms with Crippen LogP contribution in [0.15, 0.2) is 65.7 Å². The molecular weight excluding hydrogens is 444 g/mol. The maximum atomic E-state index is 12.9. The quantitative estimate of drug-likeness (QED) is 0.308. The average Bonchev–Trinajstić information content (AvgIpc) is 3.20. The predicted octanol–water partition coefficient (Wildman–Crippen LogP) is 4.23. The molecule has 0 radical (unpaired) electrons. The van der Waals surface area contributed by atoms with Crippen molar-refractivity contribution in [3.8, 4) is 0 Å². The number of fused-ring (bicyclic) bond motifs is 1. The van der Waals surface area contributed by atoms with Gasteiger partial charge in [0.05, 0.1) is 21.5 Å². The molecule has 4 aromatic rings. The zero-order valence-corrected chi connectivity index (χ0v) is 19.0. The summed E-state index contributed by atoms with van der Waals surface area (Å²) in [6.45, 7) is 5.49. The molecule has 10 nitrogen and oxygen atoms in total. The number of hydrogen-bond donors (Lipinski definition) is 2. The number of aryl methyl sites for hydroxylation is 2. The van der Waals surface area contributed by atoms with Crippen molar-refractivity contribution >= 4 is 32.7 Å². The molecule has 2 heterocycles. The number of aromatic nitrogens is 3. The number of rotatable bonds is 7. The van der Waals surface area contributed by atoms with Crippen LogP contribution in [0.2, 0.25) is 0 Å². The van der Waals surface area contributed by atoms with Crippen LogP contribution in [0.25, 0.3) is 5.65 Å². The highest BCUT2D eigenvalue weighted by Gasteiger charge is 2.24. The molecule has 33 heavy (non-hydrogen) atoms. The third-order valence-electron chi connectivity index (χ3n) is 5.20. The van der Waals surface area contributed by atoms with E-state index in [1.807, 2.05) is 25.1 Å². The molecule has 170 valence electrons. The molecule has 1 unspecified atom stereocenters. The summed E-state index contributed by atoms with van der Waals surface area (Å²) in [7, 11) is -4.03. The third kappa shape index (κ3) is 4.48. The number of nitro benzene ring substituents is 1. The Morgan fingerprint density at radius 1 is 1.03 bits per heavy atom. The van der Waals surface area contributed by atoms with Crippen LogP contribution in [-0.4, -0.2) is 27.9 Å². The van der Waals surface area contributed by atoms with Crippen molar-refractivity contribution in [2.75, 3.05) is 10.0 Å². The highest BCUT2D eigenvalue weighted by Crippen LogP contribution is 2.31. The van der Waals surface area contributed by atoms with Gasteiger partial charge in [0.15, 0.2) is 11.5 Å². The van der Waals surface area contributed by atoms with E-state index in [9.17, 15) is 18.5 Å². The Bertz CT molecular complexity index is 1470. The first-order valence-corrected chi connectivity index (χ1v) is 11.6. The van der Waals surface area contributed by atoms with E-state index in [0.29, 0.717) is 17.2 Å². The molecule has 0 fully saturated rings. The molecule has 2 aromatic heterocycles. The number of nitrogens with one attached hydrogen (secondary N) is 2. The Kier molecular flexibility index (Phi) is 5.73. The first-order chi connectivity index (χ1) is 15.7. The molecule has 2 aromatic carbocycles. The first-order valence-electron chi connectivity index (χ1n) is 10.1. The normalized spacial score (nSPS) is 12.5. The van der Waals surface area contributed by atoms with E-state index >= 15 is 0 Å². The van der Waals surface area contributed by atoms with Crippen molar-refractivity contribution in [1.82, 2.24) is 14.6 Å². The minimum absolute atomic E-state index is 0.172. The monoisotopic (exact) mass is 466 g/mol. The highest BCUT2D eigenvalue weighted by molar-refractivity contribution is 7.92. The standard InChI is InChI=1S/C22H22N6O4S/c1-14-7-9-18(15(2)12-14)26-33(31,32)17-8-10-19(20(13-17)28(29)30)23-16(3)22-25-24-21-6-4-5-11-27(21)22/h4-13,16,23,26H,1-3H3. The Hall–Kier alpha value is -3.99. The van der Waals surface area contributed by atoms with Crippen LogP contribution in [0.1, 0.15) is 29.9 Å². The second kappa shape index (κ2) is 8.51. The van der Waals surface area contributed by atoms with E-state index in [4.69, 9.17) is 0 Å². The lowest BCUT2D eigenvalue weighted by atomic mass is 10.1. The van der Waals surface area contributed by atoms with Crippen molar-refractivity contribution in [2.24, 2.45) is 0 Å². The second-order valence-electron chi connectivity index (χ2n) is 7.71. The lowest BCUT2D eigenvalue weighted by molar-refractivity contribution is -0.384. The highest BCUT2D eigenvalue weighted by atomic mass is 32.2. The minimum atomic E-state index is -4.03. The zero-order chi connectivity index (χ0) is 23.8. The van der Waals surface area contributed by atoms with Gasteiger partial charge in [0.2, 0.25) is 0 Å². The lowest BCUT2D eigenvalue weighted by Gasteiger charge is -2.15. The summed E-state index contributed by atoms with van der Waals surface area (Å²) in [5.41, 5.74) is 2.62. The third-order valence-corrected chi connectivity index (χ3v) is 6.57. The Morgan fingerprint density at radius 2 is 1.79 bits per heavy atom. The van der Waals surface area contributed by atoms with Crippen LogP contribution in [0.4, 0.5) is 17.1 Å². The number of benzene rings is 2. The number of nitro groups is 1. The van der Waals surface area contributed by atoms with Gasteiger partial charge < -0.3 is 5.32 Å². The number of nitrogens with zero attached hydrogens (tertiary/aromatic N) is 4. The molecule has 0 saturated carbocycles. The smallest absolute Gasteiger partial charge is 0.293 e.